The van der Waals surface area contributed by atoms with Crippen LogP contribution in [0.4, 0.5) is 0 Å². The van der Waals surface area contributed by atoms with E-state index in [4.69, 9.17) is 19.8 Å². The van der Waals surface area contributed by atoms with Gasteiger partial charge in [-0.3, -0.25) is 0 Å². The van der Waals surface area contributed by atoms with Crippen LogP contribution >= 0.6 is 10.7 Å². The zero-order chi connectivity index (χ0) is 11.8. The van der Waals surface area contributed by atoms with Crippen LogP contribution in [0.5, 0.6) is 6.08 Å². The van der Waals surface area contributed by atoms with E-state index >= 15 is 0 Å². The van der Waals surface area contributed by atoms with Gasteiger partial charge in [-0.2, -0.15) is 4.98 Å². The van der Waals surface area contributed by atoms with Gasteiger partial charge in [-0.15, -0.1) is 0 Å². The summed E-state index contributed by atoms with van der Waals surface area (Å²) in [6.07, 6.45) is 0.113. The van der Waals surface area contributed by atoms with E-state index in [-0.39, 0.29) is 11.0 Å². The summed E-state index contributed by atoms with van der Waals surface area (Å²) in [4.78, 5) is 3.95. The molecule has 1 aromatic carbocycles. The standard InChI is InChI=1S/C9H8ClNO4S/c1-2-14-9-11-7-5-6(16(10,12)13)3-4-8(7)15-9/h3-5H,2H2,1H3. The molecule has 0 amide bonds. The number of benzene rings is 1. The molecule has 2 rings (SSSR count). The third kappa shape index (κ3) is 2.12. The molecule has 0 bridgehead atoms. The first-order valence-electron chi connectivity index (χ1n) is 4.49. The van der Waals surface area contributed by atoms with Gasteiger partial charge < -0.3 is 9.15 Å². The zero-order valence-corrected chi connectivity index (χ0v) is 9.88. The molecule has 0 unspecified atom stereocenters. The molecule has 0 radical (unpaired) electrons. The molecule has 16 heavy (non-hydrogen) atoms. The minimum atomic E-state index is -3.75. The topological polar surface area (TPSA) is 69.4 Å². The summed E-state index contributed by atoms with van der Waals surface area (Å²) >= 11 is 0. The summed E-state index contributed by atoms with van der Waals surface area (Å²) < 4.78 is 32.4. The van der Waals surface area contributed by atoms with Crippen molar-refractivity contribution >= 4 is 30.8 Å². The third-order valence-electron chi connectivity index (χ3n) is 1.89. The van der Waals surface area contributed by atoms with Gasteiger partial charge in [0.2, 0.25) is 0 Å². The maximum absolute atomic E-state index is 11.1. The summed E-state index contributed by atoms with van der Waals surface area (Å²) in [5.74, 6) is 0. The van der Waals surface area contributed by atoms with Crippen LogP contribution in [0.2, 0.25) is 0 Å². The second-order valence-electron chi connectivity index (χ2n) is 2.98. The highest BCUT2D eigenvalue weighted by Crippen LogP contribution is 2.24. The molecule has 0 aliphatic rings. The van der Waals surface area contributed by atoms with Crippen LogP contribution in [0.3, 0.4) is 0 Å². The summed E-state index contributed by atoms with van der Waals surface area (Å²) in [6, 6.07) is 4.18. The number of hydrogen-bond acceptors (Lipinski definition) is 5. The predicted octanol–water partition coefficient (Wildman–Crippen LogP) is 2.15. The Balaban J connectivity index is 2.54. The molecule has 86 valence electrons. The number of aromatic nitrogens is 1. The lowest BCUT2D eigenvalue weighted by Gasteiger charge is -1.93. The van der Waals surface area contributed by atoms with Gasteiger partial charge in [0.1, 0.15) is 5.52 Å². The Morgan fingerprint density at radius 2 is 2.25 bits per heavy atom. The van der Waals surface area contributed by atoms with Crippen LogP contribution < -0.4 is 4.74 Å². The lowest BCUT2D eigenvalue weighted by molar-refractivity contribution is 0.251. The fourth-order valence-electron chi connectivity index (χ4n) is 1.22. The van der Waals surface area contributed by atoms with Gasteiger partial charge in [-0.05, 0) is 25.1 Å². The molecule has 0 aliphatic heterocycles. The van der Waals surface area contributed by atoms with Gasteiger partial charge in [-0.1, -0.05) is 0 Å². The first-order chi connectivity index (χ1) is 7.50. The molecule has 0 saturated heterocycles. The monoisotopic (exact) mass is 261 g/mol. The number of halogens is 1. The van der Waals surface area contributed by atoms with Crippen molar-refractivity contribution < 1.29 is 17.6 Å². The highest BCUT2D eigenvalue weighted by Gasteiger charge is 2.13. The van der Waals surface area contributed by atoms with E-state index in [0.29, 0.717) is 17.7 Å². The molecular formula is C9H8ClNO4S. The number of hydrogen-bond donors (Lipinski definition) is 0. The highest BCUT2D eigenvalue weighted by atomic mass is 35.7. The van der Waals surface area contributed by atoms with Crippen molar-refractivity contribution in [3.05, 3.63) is 18.2 Å². The fourth-order valence-corrected chi connectivity index (χ4v) is 1.99. The molecule has 2 aromatic rings. The lowest BCUT2D eigenvalue weighted by atomic mass is 10.3. The van der Waals surface area contributed by atoms with Crippen molar-refractivity contribution in [3.8, 4) is 6.08 Å². The van der Waals surface area contributed by atoms with Crippen molar-refractivity contribution in [1.82, 2.24) is 4.98 Å². The van der Waals surface area contributed by atoms with Gasteiger partial charge in [0.15, 0.2) is 5.58 Å². The van der Waals surface area contributed by atoms with Gasteiger partial charge in [0, 0.05) is 10.7 Å². The van der Waals surface area contributed by atoms with E-state index in [1.807, 2.05) is 0 Å². The van der Waals surface area contributed by atoms with E-state index in [9.17, 15) is 8.42 Å². The Morgan fingerprint density at radius 3 is 2.88 bits per heavy atom. The van der Waals surface area contributed by atoms with Crippen molar-refractivity contribution in [2.24, 2.45) is 0 Å². The van der Waals surface area contributed by atoms with Crippen LogP contribution in [0.25, 0.3) is 11.1 Å². The van der Waals surface area contributed by atoms with Crippen LogP contribution in [0, 0.1) is 0 Å². The number of nitrogens with zero attached hydrogens (tertiary/aromatic N) is 1. The first-order valence-corrected chi connectivity index (χ1v) is 6.79. The molecule has 0 saturated carbocycles. The molecule has 0 fully saturated rings. The van der Waals surface area contributed by atoms with Gasteiger partial charge in [-0.25, -0.2) is 8.42 Å². The Bertz CT molecular complexity index is 619. The molecule has 7 heteroatoms. The Hall–Kier alpha value is -1.27. The van der Waals surface area contributed by atoms with Gasteiger partial charge in [0.25, 0.3) is 9.05 Å². The first kappa shape index (κ1) is 11.2. The molecule has 0 atom stereocenters. The Morgan fingerprint density at radius 1 is 1.50 bits per heavy atom. The van der Waals surface area contributed by atoms with Crippen LogP contribution in [-0.4, -0.2) is 20.0 Å². The Labute approximate surface area is 96.4 Å². The number of oxazole rings is 1. The minimum absolute atomic E-state index is 0.0157. The van der Waals surface area contributed by atoms with E-state index < -0.39 is 9.05 Å². The normalized spacial score (nSPS) is 11.9. The lowest BCUT2D eigenvalue weighted by Crippen LogP contribution is -1.90. The number of fused-ring (bicyclic) bond motifs is 1. The molecular weight excluding hydrogens is 254 g/mol. The maximum Gasteiger partial charge on any atom is 0.394 e. The second kappa shape index (κ2) is 3.95. The van der Waals surface area contributed by atoms with E-state index in [0.717, 1.165) is 0 Å². The van der Waals surface area contributed by atoms with Crippen LogP contribution in [0.15, 0.2) is 27.5 Å². The quantitative estimate of drug-likeness (QED) is 0.792. The minimum Gasteiger partial charge on any atom is -0.450 e. The van der Waals surface area contributed by atoms with Crippen molar-refractivity contribution in [3.63, 3.8) is 0 Å². The maximum atomic E-state index is 11.1. The largest absolute Gasteiger partial charge is 0.450 e. The number of rotatable bonds is 3. The van der Waals surface area contributed by atoms with E-state index in [1.54, 1.807) is 6.92 Å². The molecule has 0 spiro atoms. The Kier molecular flexibility index (Phi) is 2.77. The average Bonchev–Trinajstić information content (AvgIpc) is 2.57. The summed E-state index contributed by atoms with van der Waals surface area (Å²) in [5, 5.41) is 0. The van der Waals surface area contributed by atoms with Gasteiger partial charge >= 0.3 is 6.08 Å². The molecule has 0 aliphatic carbocycles. The summed E-state index contributed by atoms with van der Waals surface area (Å²) in [6.45, 7) is 2.22. The van der Waals surface area contributed by atoms with Crippen molar-refractivity contribution in [1.29, 1.82) is 0 Å². The molecule has 1 aromatic heterocycles. The second-order valence-corrected chi connectivity index (χ2v) is 5.55. The SMILES string of the molecule is CCOc1nc2cc(S(=O)(=O)Cl)ccc2o1. The average molecular weight is 262 g/mol. The van der Waals surface area contributed by atoms with Crippen LogP contribution in [-0.2, 0) is 9.05 Å². The molecule has 5 nitrogen and oxygen atoms in total. The van der Waals surface area contributed by atoms with Crippen molar-refractivity contribution in [2.75, 3.05) is 6.61 Å². The van der Waals surface area contributed by atoms with Crippen LogP contribution in [0.1, 0.15) is 6.92 Å². The molecule has 1 heterocycles. The predicted molar refractivity (Wildman–Crippen MR) is 58.2 cm³/mol. The summed E-state index contributed by atoms with van der Waals surface area (Å²) in [5.41, 5.74) is 0.845. The smallest absolute Gasteiger partial charge is 0.394 e. The third-order valence-corrected chi connectivity index (χ3v) is 3.24. The van der Waals surface area contributed by atoms with E-state index in [1.165, 1.54) is 18.2 Å². The van der Waals surface area contributed by atoms with Gasteiger partial charge in [0.05, 0.1) is 11.5 Å². The van der Waals surface area contributed by atoms with E-state index in [2.05, 4.69) is 4.98 Å². The fraction of sp³-hybridized carbons (Fsp3) is 0.222. The van der Waals surface area contributed by atoms with Crippen molar-refractivity contribution in [2.45, 2.75) is 11.8 Å². The highest BCUT2D eigenvalue weighted by molar-refractivity contribution is 8.13. The zero-order valence-electron chi connectivity index (χ0n) is 8.31. The number of ether oxygens (including phenoxy) is 1. The summed E-state index contributed by atoms with van der Waals surface area (Å²) in [7, 11) is 1.46. The molecule has 0 N–H and O–H groups in total.